The monoisotopic (exact) mass is 430 g/mol. The normalized spacial score (nSPS) is 16.8. The first-order valence-corrected chi connectivity index (χ1v) is 9.81. The molecule has 2 atom stereocenters. The van der Waals surface area contributed by atoms with Gasteiger partial charge < -0.3 is 15.4 Å². The minimum Gasteiger partial charge on any atom is -0.497 e. The van der Waals surface area contributed by atoms with Gasteiger partial charge in [-0.15, -0.1) is 0 Å². The van der Waals surface area contributed by atoms with Crippen molar-refractivity contribution in [2.45, 2.75) is 38.3 Å². The third kappa shape index (κ3) is 4.69. The average molecular weight is 431 g/mol. The quantitative estimate of drug-likeness (QED) is 0.758. The number of carbonyl (C=O) groups excluding carboxylic acids is 2. The number of methoxy groups -OCH3 is 1. The van der Waals surface area contributed by atoms with Crippen LogP contribution >= 0.6 is 15.9 Å². The molecule has 0 heterocycles. The Bertz CT molecular complexity index is 836. The molecule has 142 valence electrons. The number of hydrogen-bond donors (Lipinski definition) is 2. The summed E-state index contributed by atoms with van der Waals surface area (Å²) in [5, 5.41) is 5.84. The predicted molar refractivity (Wildman–Crippen MR) is 108 cm³/mol. The van der Waals surface area contributed by atoms with Crippen molar-refractivity contribution in [3.05, 3.63) is 63.6 Å². The second-order valence-corrected chi connectivity index (χ2v) is 7.64. The number of hydrogen-bond acceptors (Lipinski definition) is 3. The fraction of sp³-hybridized carbons (Fsp3) is 0.333. The molecule has 3 rings (SSSR count). The lowest BCUT2D eigenvalue weighted by molar-refractivity contribution is -0.123. The maximum Gasteiger partial charge on any atom is 0.251 e. The van der Waals surface area contributed by atoms with Crippen LogP contribution in [0.3, 0.4) is 0 Å². The van der Waals surface area contributed by atoms with Crippen LogP contribution in [0.5, 0.6) is 5.75 Å². The van der Waals surface area contributed by atoms with Crippen molar-refractivity contribution in [2.75, 3.05) is 7.11 Å². The van der Waals surface area contributed by atoms with E-state index in [0.29, 0.717) is 5.56 Å². The standard InChI is InChI=1S/C21H23BrN2O3/c1-13(23-21(26)15-6-9-16(22)10-7-15)20(25)24-19-5-3-4-14-8-11-17(27-2)12-18(14)19/h6-13,19H,3-5H2,1-2H3,(H,23,26)(H,24,25). The van der Waals surface area contributed by atoms with Crippen molar-refractivity contribution in [3.8, 4) is 5.75 Å². The van der Waals surface area contributed by atoms with Crippen molar-refractivity contribution >= 4 is 27.7 Å². The number of halogens is 1. The molecule has 2 unspecified atom stereocenters. The number of benzene rings is 2. The van der Waals surface area contributed by atoms with Crippen LogP contribution < -0.4 is 15.4 Å². The molecular formula is C21H23BrN2O3. The molecule has 0 aromatic heterocycles. The van der Waals surface area contributed by atoms with E-state index >= 15 is 0 Å². The molecule has 0 bridgehead atoms. The van der Waals surface area contributed by atoms with E-state index in [9.17, 15) is 9.59 Å². The summed E-state index contributed by atoms with van der Waals surface area (Å²) in [6.45, 7) is 1.70. The Balaban J connectivity index is 1.65. The molecule has 1 aliphatic carbocycles. The lowest BCUT2D eigenvalue weighted by Crippen LogP contribution is -2.46. The van der Waals surface area contributed by atoms with Crippen LogP contribution in [0.2, 0.25) is 0 Å². The van der Waals surface area contributed by atoms with Crippen LogP contribution in [0.15, 0.2) is 46.9 Å². The molecule has 2 amide bonds. The fourth-order valence-electron chi connectivity index (χ4n) is 3.30. The lowest BCUT2D eigenvalue weighted by Gasteiger charge is -2.28. The number of ether oxygens (including phenoxy) is 1. The molecule has 0 saturated carbocycles. The van der Waals surface area contributed by atoms with E-state index in [1.807, 2.05) is 12.1 Å². The fourth-order valence-corrected chi connectivity index (χ4v) is 3.56. The zero-order chi connectivity index (χ0) is 19.4. The van der Waals surface area contributed by atoms with Crippen molar-refractivity contribution in [1.82, 2.24) is 10.6 Å². The average Bonchev–Trinajstić information content (AvgIpc) is 2.68. The number of aryl methyl sites for hydroxylation is 1. The van der Waals surface area contributed by atoms with E-state index in [4.69, 9.17) is 4.74 Å². The van der Waals surface area contributed by atoms with E-state index in [1.165, 1.54) is 5.56 Å². The molecule has 2 aromatic carbocycles. The topological polar surface area (TPSA) is 67.4 Å². The molecule has 2 aromatic rings. The SMILES string of the molecule is COc1ccc2c(c1)C(NC(=O)C(C)NC(=O)c1ccc(Br)cc1)CCC2. The first kappa shape index (κ1) is 19.4. The molecule has 27 heavy (non-hydrogen) atoms. The summed E-state index contributed by atoms with van der Waals surface area (Å²) in [7, 11) is 1.64. The smallest absolute Gasteiger partial charge is 0.251 e. The van der Waals surface area contributed by atoms with Crippen molar-refractivity contribution in [2.24, 2.45) is 0 Å². The van der Waals surface area contributed by atoms with Gasteiger partial charge in [0.1, 0.15) is 11.8 Å². The third-order valence-electron chi connectivity index (χ3n) is 4.83. The molecule has 6 heteroatoms. The first-order chi connectivity index (χ1) is 13.0. The molecule has 0 saturated heterocycles. The Kier molecular flexibility index (Phi) is 6.16. The summed E-state index contributed by atoms with van der Waals surface area (Å²) in [6.07, 6.45) is 2.89. The summed E-state index contributed by atoms with van der Waals surface area (Å²) >= 11 is 3.34. The van der Waals surface area contributed by atoms with Gasteiger partial charge in [0.2, 0.25) is 5.91 Å². The van der Waals surface area contributed by atoms with Gasteiger partial charge in [-0.2, -0.15) is 0 Å². The molecule has 0 spiro atoms. The van der Waals surface area contributed by atoms with Gasteiger partial charge in [0.15, 0.2) is 0 Å². The minimum absolute atomic E-state index is 0.0663. The number of fused-ring (bicyclic) bond motifs is 1. The van der Waals surface area contributed by atoms with E-state index in [0.717, 1.165) is 35.0 Å². The second kappa shape index (κ2) is 8.57. The van der Waals surface area contributed by atoms with Gasteiger partial charge in [0.05, 0.1) is 13.2 Å². The molecule has 1 aliphatic rings. The van der Waals surface area contributed by atoms with Crippen molar-refractivity contribution in [3.63, 3.8) is 0 Å². The summed E-state index contributed by atoms with van der Waals surface area (Å²) < 4.78 is 6.22. The molecular weight excluding hydrogens is 408 g/mol. The predicted octanol–water partition coefficient (Wildman–Crippen LogP) is 3.77. The van der Waals surface area contributed by atoms with Crippen LogP contribution in [-0.2, 0) is 11.2 Å². The minimum atomic E-state index is -0.628. The van der Waals surface area contributed by atoms with E-state index in [-0.39, 0.29) is 17.9 Å². The van der Waals surface area contributed by atoms with Gasteiger partial charge >= 0.3 is 0 Å². The zero-order valence-corrected chi connectivity index (χ0v) is 17.0. The molecule has 2 N–H and O–H groups in total. The highest BCUT2D eigenvalue weighted by molar-refractivity contribution is 9.10. The Morgan fingerprint density at radius 2 is 1.93 bits per heavy atom. The molecule has 0 fully saturated rings. The Morgan fingerprint density at radius 3 is 2.63 bits per heavy atom. The van der Waals surface area contributed by atoms with Crippen LogP contribution in [0, 0.1) is 0 Å². The van der Waals surface area contributed by atoms with Gasteiger partial charge in [-0.05, 0) is 73.7 Å². The number of carbonyl (C=O) groups is 2. The molecule has 0 radical (unpaired) electrons. The number of nitrogens with one attached hydrogen (secondary N) is 2. The van der Waals surface area contributed by atoms with E-state index in [2.05, 4.69) is 32.6 Å². The van der Waals surface area contributed by atoms with Gasteiger partial charge in [0, 0.05) is 10.0 Å². The maximum atomic E-state index is 12.6. The van der Waals surface area contributed by atoms with Crippen LogP contribution in [0.4, 0.5) is 0 Å². The van der Waals surface area contributed by atoms with Crippen LogP contribution in [0.25, 0.3) is 0 Å². The van der Waals surface area contributed by atoms with Gasteiger partial charge in [-0.25, -0.2) is 0 Å². The van der Waals surface area contributed by atoms with Crippen LogP contribution in [-0.4, -0.2) is 25.0 Å². The van der Waals surface area contributed by atoms with Gasteiger partial charge in [-0.1, -0.05) is 22.0 Å². The third-order valence-corrected chi connectivity index (χ3v) is 5.36. The lowest BCUT2D eigenvalue weighted by atomic mass is 9.87. The van der Waals surface area contributed by atoms with E-state index in [1.54, 1.807) is 38.3 Å². The van der Waals surface area contributed by atoms with Crippen molar-refractivity contribution < 1.29 is 14.3 Å². The summed E-state index contributed by atoms with van der Waals surface area (Å²) in [4.78, 5) is 25.0. The van der Waals surface area contributed by atoms with Gasteiger partial charge in [-0.3, -0.25) is 9.59 Å². The highest BCUT2D eigenvalue weighted by Crippen LogP contribution is 2.32. The largest absolute Gasteiger partial charge is 0.497 e. The zero-order valence-electron chi connectivity index (χ0n) is 15.4. The second-order valence-electron chi connectivity index (χ2n) is 6.72. The highest BCUT2D eigenvalue weighted by Gasteiger charge is 2.25. The molecule has 5 nitrogen and oxygen atoms in total. The van der Waals surface area contributed by atoms with Crippen LogP contribution in [0.1, 0.15) is 47.3 Å². The number of amides is 2. The highest BCUT2D eigenvalue weighted by atomic mass is 79.9. The Morgan fingerprint density at radius 1 is 1.19 bits per heavy atom. The summed E-state index contributed by atoms with van der Waals surface area (Å²) in [5.41, 5.74) is 2.85. The Labute approximate surface area is 167 Å². The first-order valence-electron chi connectivity index (χ1n) is 9.01. The number of rotatable bonds is 5. The Hall–Kier alpha value is -2.34. The molecule has 0 aliphatic heterocycles. The summed E-state index contributed by atoms with van der Waals surface area (Å²) in [6, 6.07) is 12.3. The van der Waals surface area contributed by atoms with E-state index < -0.39 is 6.04 Å². The van der Waals surface area contributed by atoms with Crippen molar-refractivity contribution in [1.29, 1.82) is 0 Å². The maximum absolute atomic E-state index is 12.6. The summed E-state index contributed by atoms with van der Waals surface area (Å²) in [5.74, 6) is 0.323. The van der Waals surface area contributed by atoms with Gasteiger partial charge in [0.25, 0.3) is 5.91 Å².